The summed E-state index contributed by atoms with van der Waals surface area (Å²) in [5.41, 5.74) is 0. The van der Waals surface area contributed by atoms with Crippen LogP contribution in [0, 0.1) is 0 Å². The molecule has 7 atom stereocenters. The molecular weight excluding hydrogens is 847 g/mol. The molecule has 0 spiro atoms. The van der Waals surface area contributed by atoms with Crippen molar-refractivity contribution in [1.82, 2.24) is 5.32 Å². The quantitative estimate of drug-likeness (QED) is 0.0196. The molecular formula is C56H99NO10. The Morgan fingerprint density at radius 2 is 1.04 bits per heavy atom. The fraction of sp³-hybridized carbons (Fsp3) is 0.786. The molecule has 1 aliphatic heterocycles. The molecule has 1 fully saturated rings. The summed E-state index contributed by atoms with van der Waals surface area (Å²) in [6, 6.07) is -0.873. The van der Waals surface area contributed by atoms with Crippen LogP contribution in [0.4, 0.5) is 0 Å². The van der Waals surface area contributed by atoms with E-state index < -0.39 is 49.5 Å². The summed E-state index contributed by atoms with van der Waals surface area (Å²) in [5.74, 6) is -0.327. The number of aliphatic hydroxyl groups is 5. The van der Waals surface area contributed by atoms with Gasteiger partial charge < -0.3 is 45.1 Å². The number of allylic oxidation sites excluding steroid dienone is 9. The number of amides is 1. The number of aliphatic hydroxyl groups excluding tert-OH is 5. The molecule has 11 nitrogen and oxygen atoms in total. The molecule has 6 N–H and O–H groups in total. The van der Waals surface area contributed by atoms with Gasteiger partial charge in [-0.3, -0.25) is 9.59 Å². The molecule has 1 aliphatic rings. The second kappa shape index (κ2) is 45.8. The lowest BCUT2D eigenvalue weighted by atomic mass is 9.99. The SMILES string of the molecule is CCCC/C=C\CCCCCCCC(=O)OCCCCCCCC/C=C\C/C=C\CCC(=O)NC(COC1OC(CO)C(O)C(O)C1O)C(O)/C=C/CC/C=C/CCCCCCCCCCC. The molecule has 1 amide bonds. The van der Waals surface area contributed by atoms with Crippen molar-refractivity contribution in [2.75, 3.05) is 19.8 Å². The first kappa shape index (κ1) is 62.4. The van der Waals surface area contributed by atoms with Gasteiger partial charge in [-0.15, -0.1) is 0 Å². The van der Waals surface area contributed by atoms with Crippen molar-refractivity contribution in [3.63, 3.8) is 0 Å². The van der Waals surface area contributed by atoms with Gasteiger partial charge in [-0.1, -0.05) is 184 Å². The van der Waals surface area contributed by atoms with Gasteiger partial charge >= 0.3 is 5.97 Å². The first-order valence-corrected chi connectivity index (χ1v) is 27.1. The smallest absolute Gasteiger partial charge is 0.305 e. The van der Waals surface area contributed by atoms with E-state index >= 15 is 0 Å². The Labute approximate surface area is 408 Å². The summed E-state index contributed by atoms with van der Waals surface area (Å²) in [6.45, 7) is 4.18. The maximum absolute atomic E-state index is 13.0. The normalized spacial score (nSPS) is 20.0. The molecule has 388 valence electrons. The maximum Gasteiger partial charge on any atom is 0.305 e. The Morgan fingerprint density at radius 1 is 0.552 bits per heavy atom. The number of carbonyl (C=O) groups excluding carboxylic acids is 2. The molecule has 7 unspecified atom stereocenters. The predicted octanol–water partition coefficient (Wildman–Crippen LogP) is 11.5. The van der Waals surface area contributed by atoms with E-state index in [4.69, 9.17) is 14.2 Å². The number of hydrogen-bond donors (Lipinski definition) is 6. The monoisotopic (exact) mass is 946 g/mol. The summed E-state index contributed by atoms with van der Waals surface area (Å²) in [4.78, 5) is 25.0. The number of unbranched alkanes of at least 4 members (excludes halogenated alkanes) is 23. The summed E-state index contributed by atoms with van der Waals surface area (Å²) < 4.78 is 16.6. The van der Waals surface area contributed by atoms with Gasteiger partial charge in [-0.2, -0.15) is 0 Å². The molecule has 0 bridgehead atoms. The molecule has 0 saturated carbocycles. The largest absolute Gasteiger partial charge is 0.466 e. The lowest BCUT2D eigenvalue weighted by Gasteiger charge is -2.40. The van der Waals surface area contributed by atoms with E-state index in [1.165, 1.54) is 116 Å². The lowest BCUT2D eigenvalue weighted by molar-refractivity contribution is -0.302. The third-order valence-corrected chi connectivity index (χ3v) is 12.3. The molecule has 1 saturated heterocycles. The van der Waals surface area contributed by atoms with Crippen molar-refractivity contribution in [1.29, 1.82) is 0 Å². The highest BCUT2D eigenvalue weighted by Crippen LogP contribution is 2.22. The van der Waals surface area contributed by atoms with Crippen LogP contribution in [0.25, 0.3) is 0 Å². The van der Waals surface area contributed by atoms with Crippen LogP contribution in [0.2, 0.25) is 0 Å². The van der Waals surface area contributed by atoms with E-state index in [2.05, 4.69) is 55.6 Å². The number of hydrogen-bond acceptors (Lipinski definition) is 10. The van der Waals surface area contributed by atoms with E-state index in [-0.39, 0.29) is 24.9 Å². The van der Waals surface area contributed by atoms with Gasteiger partial charge in [-0.25, -0.2) is 0 Å². The summed E-state index contributed by atoms with van der Waals surface area (Å²) in [6.07, 6.45) is 47.4. The minimum atomic E-state index is -1.59. The third kappa shape index (κ3) is 36.0. The van der Waals surface area contributed by atoms with Crippen LogP contribution in [0.3, 0.4) is 0 Å². The van der Waals surface area contributed by atoms with Gasteiger partial charge in [0, 0.05) is 12.8 Å². The first-order chi connectivity index (χ1) is 32.7. The van der Waals surface area contributed by atoms with Crippen LogP contribution < -0.4 is 5.32 Å². The van der Waals surface area contributed by atoms with Crippen LogP contribution in [0.5, 0.6) is 0 Å². The Balaban J connectivity index is 2.28. The zero-order chi connectivity index (χ0) is 48.8. The van der Waals surface area contributed by atoms with E-state index in [0.717, 1.165) is 70.6 Å². The average Bonchev–Trinajstić information content (AvgIpc) is 3.32. The third-order valence-electron chi connectivity index (χ3n) is 12.3. The summed E-state index contributed by atoms with van der Waals surface area (Å²) >= 11 is 0. The minimum absolute atomic E-state index is 0.0524. The van der Waals surface area contributed by atoms with Crippen molar-refractivity contribution in [2.24, 2.45) is 0 Å². The summed E-state index contributed by atoms with van der Waals surface area (Å²) in [5, 5.41) is 54.2. The van der Waals surface area contributed by atoms with E-state index in [1.807, 2.05) is 18.2 Å². The van der Waals surface area contributed by atoms with Crippen LogP contribution in [0.15, 0.2) is 60.8 Å². The van der Waals surface area contributed by atoms with Gasteiger partial charge in [0.1, 0.15) is 24.4 Å². The molecule has 0 aromatic rings. The second-order valence-electron chi connectivity index (χ2n) is 18.6. The van der Waals surface area contributed by atoms with Crippen molar-refractivity contribution >= 4 is 11.9 Å². The molecule has 67 heavy (non-hydrogen) atoms. The highest BCUT2D eigenvalue weighted by Gasteiger charge is 2.44. The number of rotatable bonds is 45. The molecule has 0 radical (unpaired) electrons. The zero-order valence-electron chi connectivity index (χ0n) is 42.3. The Hall–Kier alpha value is -2.64. The molecule has 0 aromatic heterocycles. The lowest BCUT2D eigenvalue weighted by Crippen LogP contribution is -2.60. The number of ether oxygens (including phenoxy) is 3. The van der Waals surface area contributed by atoms with Crippen molar-refractivity contribution in [3.8, 4) is 0 Å². The molecule has 1 heterocycles. The van der Waals surface area contributed by atoms with Crippen molar-refractivity contribution in [2.45, 2.75) is 262 Å². The van der Waals surface area contributed by atoms with Crippen LogP contribution in [-0.4, -0.2) is 100 Å². The standard InChI is InChI=1S/C56H99NO10/c1-3-5-7-9-11-13-15-16-17-19-23-26-30-34-38-42-49(59)48(47-66-56-55(64)54(63)53(62)50(46-58)67-56)57-51(60)43-39-35-31-27-24-20-18-21-25-29-33-37-41-45-65-52(61)44-40-36-32-28-22-14-12-10-8-6-4-2/h10,12,20,23-24,26,31,35,38,42,48-50,53-56,58-59,62-64H,3-9,11,13-19,21-22,25,27-30,32-34,36-37,39-41,43-47H2,1-2H3,(H,57,60)/b12-10-,24-20-,26-23+,35-31-,42-38+. The van der Waals surface area contributed by atoms with Crippen LogP contribution in [-0.2, 0) is 23.8 Å². The molecule has 0 aliphatic carbocycles. The van der Waals surface area contributed by atoms with E-state index in [1.54, 1.807) is 6.08 Å². The predicted molar refractivity (Wildman–Crippen MR) is 273 cm³/mol. The minimum Gasteiger partial charge on any atom is -0.466 e. The van der Waals surface area contributed by atoms with Crippen LogP contribution >= 0.6 is 0 Å². The maximum atomic E-state index is 13.0. The second-order valence-corrected chi connectivity index (χ2v) is 18.6. The highest BCUT2D eigenvalue weighted by atomic mass is 16.7. The molecule has 0 aromatic carbocycles. The fourth-order valence-electron chi connectivity index (χ4n) is 7.95. The Kier molecular flexibility index (Phi) is 42.6. The molecule has 1 rings (SSSR count). The zero-order valence-corrected chi connectivity index (χ0v) is 42.3. The van der Waals surface area contributed by atoms with Gasteiger partial charge in [0.25, 0.3) is 0 Å². The number of nitrogens with one attached hydrogen (secondary N) is 1. The van der Waals surface area contributed by atoms with E-state index in [9.17, 15) is 35.1 Å². The van der Waals surface area contributed by atoms with Gasteiger partial charge in [-0.05, 0) is 83.5 Å². The van der Waals surface area contributed by atoms with E-state index in [0.29, 0.717) is 19.4 Å². The topological polar surface area (TPSA) is 175 Å². The summed E-state index contributed by atoms with van der Waals surface area (Å²) in [7, 11) is 0. The number of esters is 1. The first-order valence-electron chi connectivity index (χ1n) is 27.1. The Bertz CT molecular complexity index is 1300. The van der Waals surface area contributed by atoms with Gasteiger partial charge in [0.15, 0.2) is 6.29 Å². The van der Waals surface area contributed by atoms with Gasteiger partial charge in [0.2, 0.25) is 5.91 Å². The van der Waals surface area contributed by atoms with Crippen molar-refractivity contribution < 1.29 is 49.3 Å². The molecule has 11 heteroatoms. The Morgan fingerprint density at radius 3 is 1.64 bits per heavy atom. The van der Waals surface area contributed by atoms with Gasteiger partial charge in [0.05, 0.1) is 32.0 Å². The van der Waals surface area contributed by atoms with Crippen LogP contribution in [0.1, 0.15) is 219 Å². The average molecular weight is 946 g/mol. The number of carbonyl (C=O) groups is 2. The highest BCUT2D eigenvalue weighted by molar-refractivity contribution is 5.76. The van der Waals surface area contributed by atoms with Crippen molar-refractivity contribution in [3.05, 3.63) is 60.8 Å². The fourth-order valence-corrected chi connectivity index (χ4v) is 7.95.